The SMILES string of the molecule is N#Cc1cccc(NC(=O)Cn2nc(-c3cccc(C(N)=O)c3)ccc2=O)c1. The molecule has 0 atom stereocenters. The third kappa shape index (κ3) is 4.28. The van der Waals surface area contributed by atoms with E-state index in [0.29, 0.717) is 28.1 Å². The molecule has 3 rings (SSSR count). The number of aromatic nitrogens is 2. The largest absolute Gasteiger partial charge is 0.366 e. The van der Waals surface area contributed by atoms with E-state index in [0.717, 1.165) is 4.68 Å². The average molecular weight is 373 g/mol. The molecule has 1 aromatic heterocycles. The molecule has 0 spiro atoms. The zero-order chi connectivity index (χ0) is 20.1. The zero-order valence-corrected chi connectivity index (χ0v) is 14.6. The first kappa shape index (κ1) is 18.5. The van der Waals surface area contributed by atoms with E-state index >= 15 is 0 Å². The molecular weight excluding hydrogens is 358 g/mol. The normalized spacial score (nSPS) is 10.1. The zero-order valence-electron chi connectivity index (χ0n) is 14.6. The van der Waals surface area contributed by atoms with E-state index in [-0.39, 0.29) is 6.54 Å². The number of carbonyl (C=O) groups is 2. The standard InChI is InChI=1S/C20H15N5O3/c21-11-13-3-1-6-16(9-13)23-18(26)12-25-19(27)8-7-17(24-25)14-4-2-5-15(10-14)20(22)28/h1-10H,12H2,(H2,22,28)(H,23,26). The number of nitrogens with zero attached hydrogens (tertiary/aromatic N) is 3. The van der Waals surface area contributed by atoms with Gasteiger partial charge in [-0.15, -0.1) is 0 Å². The lowest BCUT2D eigenvalue weighted by Gasteiger charge is -2.09. The molecule has 8 nitrogen and oxygen atoms in total. The number of nitrogens with one attached hydrogen (secondary N) is 1. The number of nitriles is 1. The highest BCUT2D eigenvalue weighted by Gasteiger charge is 2.10. The summed E-state index contributed by atoms with van der Waals surface area (Å²) in [4.78, 5) is 35.7. The van der Waals surface area contributed by atoms with Crippen LogP contribution in [0.4, 0.5) is 5.69 Å². The van der Waals surface area contributed by atoms with Crippen molar-refractivity contribution in [3.63, 3.8) is 0 Å². The van der Waals surface area contributed by atoms with E-state index in [2.05, 4.69) is 10.4 Å². The predicted octanol–water partition coefficient (Wildman–Crippen LogP) is 1.52. The molecule has 2 amide bonds. The molecule has 0 saturated carbocycles. The number of benzene rings is 2. The lowest BCUT2D eigenvalue weighted by atomic mass is 10.1. The third-order valence-corrected chi connectivity index (χ3v) is 3.88. The molecule has 2 aromatic carbocycles. The Morgan fingerprint density at radius 3 is 2.64 bits per heavy atom. The van der Waals surface area contributed by atoms with E-state index in [1.165, 1.54) is 18.2 Å². The Labute approximate surface area is 159 Å². The quantitative estimate of drug-likeness (QED) is 0.700. The maximum atomic E-state index is 12.3. The summed E-state index contributed by atoms with van der Waals surface area (Å²) in [6.07, 6.45) is 0. The van der Waals surface area contributed by atoms with Gasteiger partial charge in [-0.25, -0.2) is 4.68 Å². The van der Waals surface area contributed by atoms with E-state index in [4.69, 9.17) is 11.0 Å². The van der Waals surface area contributed by atoms with Gasteiger partial charge in [-0.3, -0.25) is 14.4 Å². The molecule has 8 heteroatoms. The minimum Gasteiger partial charge on any atom is -0.366 e. The van der Waals surface area contributed by atoms with Crippen molar-refractivity contribution >= 4 is 17.5 Å². The maximum Gasteiger partial charge on any atom is 0.267 e. The predicted molar refractivity (Wildman–Crippen MR) is 102 cm³/mol. The molecule has 0 fully saturated rings. The Hall–Kier alpha value is -4.25. The average Bonchev–Trinajstić information content (AvgIpc) is 2.69. The van der Waals surface area contributed by atoms with Crippen LogP contribution in [0.3, 0.4) is 0 Å². The van der Waals surface area contributed by atoms with Crippen molar-refractivity contribution in [3.05, 3.63) is 82.1 Å². The van der Waals surface area contributed by atoms with Gasteiger partial charge in [-0.2, -0.15) is 10.4 Å². The Morgan fingerprint density at radius 1 is 1.11 bits per heavy atom. The molecule has 0 aliphatic heterocycles. The van der Waals surface area contributed by atoms with Crippen LogP contribution in [0, 0.1) is 11.3 Å². The van der Waals surface area contributed by atoms with Gasteiger partial charge in [-0.05, 0) is 36.4 Å². The van der Waals surface area contributed by atoms with E-state index in [1.807, 2.05) is 6.07 Å². The first-order chi connectivity index (χ1) is 13.5. The van der Waals surface area contributed by atoms with Crippen LogP contribution in [0.25, 0.3) is 11.3 Å². The van der Waals surface area contributed by atoms with Crippen molar-refractivity contribution in [1.29, 1.82) is 5.26 Å². The molecule has 0 unspecified atom stereocenters. The fourth-order valence-corrected chi connectivity index (χ4v) is 2.55. The smallest absolute Gasteiger partial charge is 0.267 e. The Morgan fingerprint density at radius 2 is 1.89 bits per heavy atom. The van der Waals surface area contributed by atoms with Crippen LogP contribution in [0.15, 0.2) is 65.5 Å². The molecular formula is C20H15N5O3. The molecule has 0 aliphatic rings. The topological polar surface area (TPSA) is 131 Å². The molecule has 138 valence electrons. The van der Waals surface area contributed by atoms with Gasteiger partial charge in [0.05, 0.1) is 17.3 Å². The van der Waals surface area contributed by atoms with Crippen molar-refractivity contribution in [2.24, 2.45) is 5.73 Å². The minimum atomic E-state index is -0.575. The highest BCUT2D eigenvalue weighted by molar-refractivity contribution is 5.94. The highest BCUT2D eigenvalue weighted by Crippen LogP contribution is 2.17. The van der Waals surface area contributed by atoms with Crippen molar-refractivity contribution in [1.82, 2.24) is 9.78 Å². The van der Waals surface area contributed by atoms with Crippen molar-refractivity contribution in [3.8, 4) is 17.3 Å². The van der Waals surface area contributed by atoms with Gasteiger partial charge in [-0.1, -0.05) is 18.2 Å². The second-order valence-corrected chi connectivity index (χ2v) is 5.90. The third-order valence-electron chi connectivity index (χ3n) is 3.88. The molecule has 3 N–H and O–H groups in total. The monoisotopic (exact) mass is 373 g/mol. The summed E-state index contributed by atoms with van der Waals surface area (Å²) >= 11 is 0. The lowest BCUT2D eigenvalue weighted by Crippen LogP contribution is -2.29. The van der Waals surface area contributed by atoms with Crippen LogP contribution >= 0.6 is 0 Å². The van der Waals surface area contributed by atoms with E-state index in [1.54, 1.807) is 42.5 Å². The Kier molecular flexibility index (Phi) is 5.28. The molecule has 28 heavy (non-hydrogen) atoms. The minimum absolute atomic E-state index is 0.307. The van der Waals surface area contributed by atoms with Crippen LogP contribution in [0.1, 0.15) is 15.9 Å². The fourth-order valence-electron chi connectivity index (χ4n) is 2.55. The summed E-state index contributed by atoms with van der Waals surface area (Å²) in [6, 6.07) is 17.7. The van der Waals surface area contributed by atoms with Gasteiger partial charge in [0.1, 0.15) is 6.54 Å². The summed E-state index contributed by atoms with van der Waals surface area (Å²) in [5.74, 6) is -1.04. The number of anilines is 1. The summed E-state index contributed by atoms with van der Waals surface area (Å²) < 4.78 is 1.02. The number of hydrogen-bond donors (Lipinski definition) is 2. The summed E-state index contributed by atoms with van der Waals surface area (Å²) in [7, 11) is 0. The fraction of sp³-hybridized carbons (Fsp3) is 0.0500. The van der Waals surface area contributed by atoms with Gasteiger partial charge < -0.3 is 11.1 Å². The molecule has 3 aromatic rings. The summed E-state index contributed by atoms with van der Waals surface area (Å²) in [6.45, 7) is -0.307. The molecule has 0 aliphatic carbocycles. The second kappa shape index (κ2) is 7.97. The molecule has 1 heterocycles. The molecule has 0 bridgehead atoms. The maximum absolute atomic E-state index is 12.3. The summed E-state index contributed by atoms with van der Waals surface area (Å²) in [5.41, 5.74) is 7.01. The van der Waals surface area contributed by atoms with Crippen LogP contribution < -0.4 is 16.6 Å². The van der Waals surface area contributed by atoms with Gasteiger partial charge in [0.15, 0.2) is 0 Å². The van der Waals surface area contributed by atoms with E-state index < -0.39 is 17.4 Å². The number of nitrogens with two attached hydrogens (primary N) is 1. The van der Waals surface area contributed by atoms with Gasteiger partial charge >= 0.3 is 0 Å². The van der Waals surface area contributed by atoms with Gasteiger partial charge in [0, 0.05) is 22.9 Å². The number of amides is 2. The first-order valence-corrected chi connectivity index (χ1v) is 8.25. The first-order valence-electron chi connectivity index (χ1n) is 8.25. The number of rotatable bonds is 5. The highest BCUT2D eigenvalue weighted by atomic mass is 16.2. The van der Waals surface area contributed by atoms with Crippen molar-refractivity contribution in [2.75, 3.05) is 5.32 Å². The number of hydrogen-bond acceptors (Lipinski definition) is 5. The van der Waals surface area contributed by atoms with Crippen molar-refractivity contribution < 1.29 is 9.59 Å². The second-order valence-electron chi connectivity index (χ2n) is 5.90. The van der Waals surface area contributed by atoms with Crippen LogP contribution in [-0.2, 0) is 11.3 Å². The Balaban J connectivity index is 1.83. The van der Waals surface area contributed by atoms with Gasteiger partial charge in [0.2, 0.25) is 11.8 Å². The molecule has 0 radical (unpaired) electrons. The van der Waals surface area contributed by atoms with Crippen LogP contribution in [0.2, 0.25) is 0 Å². The van der Waals surface area contributed by atoms with Crippen LogP contribution in [-0.4, -0.2) is 21.6 Å². The lowest BCUT2D eigenvalue weighted by molar-refractivity contribution is -0.117. The van der Waals surface area contributed by atoms with E-state index in [9.17, 15) is 14.4 Å². The Bertz CT molecular complexity index is 1160. The van der Waals surface area contributed by atoms with Gasteiger partial charge in [0.25, 0.3) is 5.56 Å². The van der Waals surface area contributed by atoms with Crippen molar-refractivity contribution in [2.45, 2.75) is 6.54 Å². The number of primary amides is 1. The van der Waals surface area contributed by atoms with Crippen LogP contribution in [0.5, 0.6) is 0 Å². The summed E-state index contributed by atoms with van der Waals surface area (Å²) in [5, 5.41) is 15.7. The molecule has 0 saturated heterocycles. The number of carbonyl (C=O) groups excluding carboxylic acids is 2.